The number of rotatable bonds is 4. The number of hydrogen-bond acceptors (Lipinski definition) is 5. The lowest BCUT2D eigenvalue weighted by atomic mass is 9.98. The third-order valence-electron chi connectivity index (χ3n) is 11.8. The molecule has 61 heavy (non-hydrogen) atoms. The molecule has 13 aromatic rings. The van der Waals surface area contributed by atoms with Crippen molar-refractivity contribution in [1.82, 2.24) is 19.5 Å². The average molecular weight is 785 g/mol. The van der Waals surface area contributed by atoms with E-state index in [1.807, 2.05) is 68.4 Å². The summed E-state index contributed by atoms with van der Waals surface area (Å²) in [5.41, 5.74) is 9.09. The molecular weight excluding hydrogens is 749 g/mol. The third-order valence-corrected chi connectivity index (χ3v) is 11.8. The first-order chi connectivity index (χ1) is 30.2. The average Bonchev–Trinajstić information content (AvgIpc) is 4.02. The van der Waals surface area contributed by atoms with Gasteiger partial charge in [0.2, 0.25) is 5.95 Å². The Hall–Kier alpha value is -8.09. The van der Waals surface area contributed by atoms with Gasteiger partial charge in [0.15, 0.2) is 11.6 Å². The van der Waals surface area contributed by atoms with Gasteiger partial charge in [0.25, 0.3) is 0 Å². The van der Waals surface area contributed by atoms with Crippen molar-refractivity contribution in [1.29, 1.82) is 0 Å². The highest BCUT2D eigenvalue weighted by molar-refractivity contribution is 6.24. The van der Waals surface area contributed by atoms with Crippen molar-refractivity contribution in [2.75, 3.05) is 0 Å². The van der Waals surface area contributed by atoms with E-state index in [0.717, 1.165) is 98.7 Å². The lowest BCUT2D eigenvalue weighted by molar-refractivity contribution is 0.669. The molecule has 0 unspecified atom stereocenters. The Kier molecular flexibility index (Phi) is 7.87. The SMILES string of the molecule is CC.c1ccc(-c2nc(-c3ccc4c(c3)oc3ccccc34)nc(-n3c4c(-c5cccc6c5oc5ccc7ccccc7c56)cccc4c4ccc5ccccc5c43)n2)cc1. The molecule has 6 nitrogen and oxygen atoms in total. The highest BCUT2D eigenvalue weighted by Crippen LogP contribution is 2.45. The molecule has 0 aliphatic carbocycles. The van der Waals surface area contributed by atoms with Gasteiger partial charge in [-0.1, -0.05) is 172 Å². The van der Waals surface area contributed by atoms with E-state index < -0.39 is 0 Å². The molecule has 4 heterocycles. The number of nitrogens with zero attached hydrogens (tertiary/aromatic N) is 4. The fraction of sp³-hybridized carbons (Fsp3) is 0.0364. The van der Waals surface area contributed by atoms with Crippen molar-refractivity contribution < 1.29 is 8.83 Å². The van der Waals surface area contributed by atoms with Crippen LogP contribution in [0.1, 0.15) is 13.8 Å². The lowest BCUT2D eigenvalue weighted by Gasteiger charge is -2.14. The Morgan fingerprint density at radius 3 is 1.82 bits per heavy atom. The molecule has 0 amide bonds. The summed E-state index contributed by atoms with van der Waals surface area (Å²) in [5, 5.41) is 11.1. The minimum atomic E-state index is 0.519. The normalized spacial score (nSPS) is 11.8. The molecule has 0 bridgehead atoms. The summed E-state index contributed by atoms with van der Waals surface area (Å²) in [7, 11) is 0. The number of para-hydroxylation sites is 3. The summed E-state index contributed by atoms with van der Waals surface area (Å²) >= 11 is 0. The van der Waals surface area contributed by atoms with Crippen molar-refractivity contribution in [3.05, 3.63) is 182 Å². The zero-order valence-electron chi connectivity index (χ0n) is 33.4. The smallest absolute Gasteiger partial charge is 0.238 e. The lowest BCUT2D eigenvalue weighted by Crippen LogP contribution is -2.07. The Bertz CT molecular complexity index is 3860. The van der Waals surface area contributed by atoms with Crippen molar-refractivity contribution in [3.63, 3.8) is 0 Å². The van der Waals surface area contributed by atoms with Gasteiger partial charge in [-0.2, -0.15) is 9.97 Å². The van der Waals surface area contributed by atoms with E-state index in [1.54, 1.807) is 0 Å². The van der Waals surface area contributed by atoms with E-state index in [4.69, 9.17) is 23.8 Å². The maximum atomic E-state index is 6.84. The van der Waals surface area contributed by atoms with E-state index in [1.165, 1.54) is 10.8 Å². The van der Waals surface area contributed by atoms with Crippen LogP contribution < -0.4 is 0 Å². The Labute approximate surface area is 350 Å². The van der Waals surface area contributed by atoms with Crippen LogP contribution in [0.3, 0.4) is 0 Å². The molecule has 0 fully saturated rings. The second-order valence-electron chi connectivity index (χ2n) is 15.1. The molecule has 0 aliphatic rings. The second kappa shape index (κ2) is 13.8. The van der Waals surface area contributed by atoms with Crippen LogP contribution in [-0.4, -0.2) is 19.5 Å². The molecule has 0 saturated heterocycles. The molecule has 0 N–H and O–H groups in total. The van der Waals surface area contributed by atoms with Crippen molar-refractivity contribution in [2.45, 2.75) is 13.8 Å². The third kappa shape index (κ3) is 5.32. The Balaban J connectivity index is 0.00000197. The number of aromatic nitrogens is 4. The predicted molar refractivity (Wildman–Crippen MR) is 251 cm³/mol. The molecule has 0 aliphatic heterocycles. The molecule has 0 atom stereocenters. The summed E-state index contributed by atoms with van der Waals surface area (Å²) in [4.78, 5) is 15.9. The second-order valence-corrected chi connectivity index (χ2v) is 15.1. The van der Waals surface area contributed by atoms with E-state index in [-0.39, 0.29) is 0 Å². The van der Waals surface area contributed by atoms with Crippen LogP contribution in [0.4, 0.5) is 0 Å². The maximum Gasteiger partial charge on any atom is 0.238 e. The van der Waals surface area contributed by atoms with E-state index in [9.17, 15) is 0 Å². The Morgan fingerprint density at radius 1 is 0.377 bits per heavy atom. The van der Waals surface area contributed by atoms with Crippen LogP contribution in [-0.2, 0) is 0 Å². The molecular formula is C55H36N4O2. The highest BCUT2D eigenvalue weighted by atomic mass is 16.3. The Morgan fingerprint density at radius 2 is 0.984 bits per heavy atom. The van der Waals surface area contributed by atoms with Gasteiger partial charge in [0, 0.05) is 60.0 Å². The first-order valence-corrected chi connectivity index (χ1v) is 20.8. The summed E-state index contributed by atoms with van der Waals surface area (Å²) in [5.74, 6) is 1.65. The number of fused-ring (bicyclic) bond motifs is 13. The standard InChI is InChI=1S/C53H30N4O2.C2H6/c1-2-14-33(15-3-1)51-54-52(34-25-27-38-37-18-8-9-23-44(37)58-46(38)30-34)56-53(55-51)57-48-36-17-7-5-13-32(36)24-28-41(48)39-19-10-20-40(49(39)57)42-21-11-22-43-47-35-16-6-4-12-31(35)26-29-45(47)59-50(42)43;1-2/h1-30H;1-2H3. The molecule has 4 aromatic heterocycles. The summed E-state index contributed by atoms with van der Waals surface area (Å²) in [6, 6.07) is 63.2. The van der Waals surface area contributed by atoms with E-state index in [0.29, 0.717) is 17.6 Å². The van der Waals surface area contributed by atoms with Gasteiger partial charge >= 0.3 is 0 Å². The van der Waals surface area contributed by atoms with Gasteiger partial charge in [-0.05, 0) is 40.4 Å². The molecule has 288 valence electrons. The van der Waals surface area contributed by atoms with E-state index in [2.05, 4.69) is 132 Å². The summed E-state index contributed by atoms with van der Waals surface area (Å²) in [6.07, 6.45) is 0. The topological polar surface area (TPSA) is 69.9 Å². The summed E-state index contributed by atoms with van der Waals surface area (Å²) in [6.45, 7) is 4.00. The zero-order valence-corrected chi connectivity index (χ0v) is 33.4. The van der Waals surface area contributed by atoms with Crippen LogP contribution in [0.5, 0.6) is 0 Å². The van der Waals surface area contributed by atoms with Crippen molar-refractivity contribution >= 4 is 87.2 Å². The van der Waals surface area contributed by atoms with Crippen LogP contribution >= 0.6 is 0 Å². The van der Waals surface area contributed by atoms with Gasteiger partial charge in [0.1, 0.15) is 22.3 Å². The molecule has 6 heteroatoms. The minimum Gasteiger partial charge on any atom is -0.456 e. The van der Waals surface area contributed by atoms with Crippen LogP contribution in [0.2, 0.25) is 0 Å². The van der Waals surface area contributed by atoms with Crippen LogP contribution in [0, 0.1) is 0 Å². The van der Waals surface area contributed by atoms with Crippen LogP contribution in [0.15, 0.2) is 191 Å². The molecule has 13 rings (SSSR count). The molecule has 0 radical (unpaired) electrons. The molecule has 0 spiro atoms. The fourth-order valence-electron chi connectivity index (χ4n) is 9.20. The largest absolute Gasteiger partial charge is 0.456 e. The molecule has 0 saturated carbocycles. The maximum absolute atomic E-state index is 6.84. The minimum absolute atomic E-state index is 0.519. The molecule has 9 aromatic carbocycles. The van der Waals surface area contributed by atoms with Gasteiger partial charge < -0.3 is 8.83 Å². The van der Waals surface area contributed by atoms with Crippen molar-refractivity contribution in [2.24, 2.45) is 0 Å². The van der Waals surface area contributed by atoms with Gasteiger partial charge in [0.05, 0.1) is 11.0 Å². The number of furan rings is 2. The van der Waals surface area contributed by atoms with Gasteiger partial charge in [-0.15, -0.1) is 0 Å². The van der Waals surface area contributed by atoms with Crippen LogP contribution in [0.25, 0.3) is 127 Å². The monoisotopic (exact) mass is 784 g/mol. The summed E-state index contributed by atoms with van der Waals surface area (Å²) < 4.78 is 15.4. The first kappa shape index (κ1) is 34.9. The van der Waals surface area contributed by atoms with Gasteiger partial charge in [-0.25, -0.2) is 4.98 Å². The number of benzene rings is 9. The quantitative estimate of drug-likeness (QED) is 0.178. The highest BCUT2D eigenvalue weighted by Gasteiger charge is 2.24. The van der Waals surface area contributed by atoms with Crippen molar-refractivity contribution in [3.8, 4) is 39.9 Å². The zero-order chi connectivity index (χ0) is 40.6. The first-order valence-electron chi connectivity index (χ1n) is 20.8. The van der Waals surface area contributed by atoms with Gasteiger partial charge in [-0.3, -0.25) is 4.57 Å². The van der Waals surface area contributed by atoms with E-state index >= 15 is 0 Å². The predicted octanol–water partition coefficient (Wildman–Crippen LogP) is 15.1. The fourth-order valence-corrected chi connectivity index (χ4v) is 9.20. The number of hydrogen-bond donors (Lipinski definition) is 0.